The van der Waals surface area contributed by atoms with Gasteiger partial charge in [-0.15, -0.1) is 0 Å². The van der Waals surface area contributed by atoms with Crippen LogP contribution in [-0.2, 0) is 4.79 Å². The third-order valence-corrected chi connectivity index (χ3v) is 4.59. The average Bonchev–Trinajstić information content (AvgIpc) is 2.82. The second-order valence-corrected chi connectivity index (χ2v) is 5.66. The molecule has 15 heavy (non-hydrogen) atoms. The molecule has 0 unspecified atom stereocenters. The number of nitrogens with one attached hydrogen (secondary N) is 1. The molecule has 2 fully saturated rings. The molecule has 0 bridgehead atoms. The highest BCUT2D eigenvalue weighted by Gasteiger charge is 2.29. The van der Waals surface area contributed by atoms with Gasteiger partial charge >= 0.3 is 0 Å². The Morgan fingerprint density at radius 2 is 2.33 bits per heavy atom. The minimum atomic E-state index is 0.231. The molecule has 0 aromatic heterocycles. The Morgan fingerprint density at radius 3 is 2.93 bits per heavy atom. The van der Waals surface area contributed by atoms with Gasteiger partial charge in [-0.2, -0.15) is 11.8 Å². The Hall–Kier alpha value is -0.220. The van der Waals surface area contributed by atoms with Crippen LogP contribution in [-0.4, -0.2) is 48.5 Å². The maximum Gasteiger partial charge on any atom is 0.226 e. The number of carbonyl (C=O) groups is 1. The molecule has 2 aliphatic rings. The number of nitrogens with zero attached hydrogens (tertiary/aromatic N) is 1. The molecule has 3 nitrogen and oxygen atoms in total. The molecule has 0 aromatic rings. The molecule has 0 aliphatic carbocycles. The first kappa shape index (κ1) is 11.3. The molecular weight excluding hydrogens is 208 g/mol. The third-order valence-electron chi connectivity index (χ3n) is 3.45. The van der Waals surface area contributed by atoms with E-state index in [0.29, 0.717) is 11.9 Å². The van der Waals surface area contributed by atoms with Crippen molar-refractivity contribution in [1.29, 1.82) is 0 Å². The summed E-state index contributed by atoms with van der Waals surface area (Å²) in [5.74, 6) is 2.93. The molecule has 2 atom stereocenters. The Balaban J connectivity index is 1.87. The Labute approximate surface area is 96.0 Å². The smallest absolute Gasteiger partial charge is 0.226 e. The minimum Gasteiger partial charge on any atom is -0.342 e. The van der Waals surface area contributed by atoms with E-state index in [-0.39, 0.29) is 5.92 Å². The van der Waals surface area contributed by atoms with E-state index in [1.165, 1.54) is 12.2 Å². The lowest BCUT2D eigenvalue weighted by Crippen LogP contribution is -2.45. The molecule has 4 heteroatoms. The molecule has 2 heterocycles. The van der Waals surface area contributed by atoms with Crippen LogP contribution in [0.15, 0.2) is 0 Å². The molecule has 0 radical (unpaired) electrons. The average molecular weight is 228 g/mol. The van der Waals surface area contributed by atoms with Gasteiger partial charge in [0, 0.05) is 25.4 Å². The molecule has 86 valence electrons. The van der Waals surface area contributed by atoms with Gasteiger partial charge in [0.1, 0.15) is 0 Å². The summed E-state index contributed by atoms with van der Waals surface area (Å²) in [7, 11) is 1.98. The fourth-order valence-electron chi connectivity index (χ4n) is 2.36. The van der Waals surface area contributed by atoms with E-state index in [2.05, 4.69) is 5.32 Å². The Kier molecular flexibility index (Phi) is 3.92. The standard InChI is InChI=1S/C11H20N2OS/c1-13(10-4-6-15-8-10)11(14)9-3-2-5-12-7-9/h9-10,12H,2-8H2,1H3/t9-,10-/m1/s1. The van der Waals surface area contributed by atoms with Gasteiger partial charge in [-0.3, -0.25) is 4.79 Å². The summed E-state index contributed by atoms with van der Waals surface area (Å²) in [5.41, 5.74) is 0. The lowest BCUT2D eigenvalue weighted by Gasteiger charge is -2.30. The predicted octanol–water partition coefficient (Wildman–Crippen LogP) is 0.950. The van der Waals surface area contributed by atoms with Crippen molar-refractivity contribution in [1.82, 2.24) is 10.2 Å². The van der Waals surface area contributed by atoms with Crippen LogP contribution < -0.4 is 5.32 Å². The molecule has 0 aromatic carbocycles. The highest BCUT2D eigenvalue weighted by molar-refractivity contribution is 7.99. The summed E-state index contributed by atoms with van der Waals surface area (Å²) in [6.07, 6.45) is 3.38. The van der Waals surface area contributed by atoms with Crippen molar-refractivity contribution < 1.29 is 4.79 Å². The Morgan fingerprint density at radius 1 is 1.47 bits per heavy atom. The molecular formula is C11H20N2OS. The van der Waals surface area contributed by atoms with Gasteiger partial charge in [0.2, 0.25) is 5.91 Å². The second kappa shape index (κ2) is 5.21. The fourth-order valence-corrected chi connectivity index (χ4v) is 3.63. The van der Waals surface area contributed by atoms with Gasteiger partial charge in [0.25, 0.3) is 0 Å². The summed E-state index contributed by atoms with van der Waals surface area (Å²) >= 11 is 1.97. The maximum absolute atomic E-state index is 12.2. The zero-order chi connectivity index (χ0) is 10.7. The molecule has 0 saturated carbocycles. The summed E-state index contributed by atoms with van der Waals surface area (Å²) in [6, 6.07) is 0.490. The first-order chi connectivity index (χ1) is 7.29. The number of rotatable bonds is 2. The van der Waals surface area contributed by atoms with Crippen LogP contribution in [0.2, 0.25) is 0 Å². The molecule has 1 amide bonds. The zero-order valence-corrected chi connectivity index (χ0v) is 10.2. The molecule has 2 aliphatic heterocycles. The minimum absolute atomic E-state index is 0.231. The summed E-state index contributed by atoms with van der Waals surface area (Å²) in [4.78, 5) is 14.2. The zero-order valence-electron chi connectivity index (χ0n) is 9.37. The van der Waals surface area contributed by atoms with Gasteiger partial charge < -0.3 is 10.2 Å². The molecule has 0 spiro atoms. The monoisotopic (exact) mass is 228 g/mol. The van der Waals surface area contributed by atoms with Crippen LogP contribution in [0.1, 0.15) is 19.3 Å². The SMILES string of the molecule is CN(C(=O)[C@@H]1CCCNC1)[C@@H]1CCSC1. The van der Waals surface area contributed by atoms with Gasteiger partial charge in [0.05, 0.1) is 5.92 Å². The fraction of sp³-hybridized carbons (Fsp3) is 0.909. The Bertz CT molecular complexity index is 223. The third kappa shape index (κ3) is 2.67. The summed E-state index contributed by atoms with van der Waals surface area (Å²) < 4.78 is 0. The largest absolute Gasteiger partial charge is 0.342 e. The number of piperidine rings is 1. The van der Waals surface area contributed by atoms with Crippen molar-refractivity contribution in [2.75, 3.05) is 31.6 Å². The first-order valence-corrected chi connectivity index (χ1v) is 6.99. The predicted molar refractivity (Wildman–Crippen MR) is 64.1 cm³/mol. The van der Waals surface area contributed by atoms with Gasteiger partial charge in [-0.25, -0.2) is 0 Å². The second-order valence-electron chi connectivity index (χ2n) is 4.51. The van der Waals surface area contributed by atoms with Crippen LogP contribution in [0.4, 0.5) is 0 Å². The van der Waals surface area contributed by atoms with E-state index in [4.69, 9.17) is 0 Å². The highest BCUT2D eigenvalue weighted by atomic mass is 32.2. The highest BCUT2D eigenvalue weighted by Crippen LogP contribution is 2.23. The van der Waals surface area contributed by atoms with Crippen LogP contribution in [0.5, 0.6) is 0 Å². The quantitative estimate of drug-likeness (QED) is 0.764. The van der Waals surface area contributed by atoms with E-state index in [0.717, 1.165) is 31.7 Å². The van der Waals surface area contributed by atoms with Gasteiger partial charge in [0.15, 0.2) is 0 Å². The van der Waals surface area contributed by atoms with Crippen LogP contribution in [0.3, 0.4) is 0 Å². The number of carbonyl (C=O) groups excluding carboxylic acids is 1. The van der Waals surface area contributed by atoms with E-state index in [1.807, 2.05) is 23.7 Å². The van der Waals surface area contributed by atoms with Crippen LogP contribution in [0, 0.1) is 5.92 Å². The first-order valence-electron chi connectivity index (χ1n) is 5.84. The molecule has 2 rings (SSSR count). The van der Waals surface area contributed by atoms with Crippen molar-refractivity contribution in [3.63, 3.8) is 0 Å². The summed E-state index contributed by atoms with van der Waals surface area (Å²) in [6.45, 7) is 1.95. The lowest BCUT2D eigenvalue weighted by atomic mass is 9.97. The van der Waals surface area contributed by atoms with E-state index >= 15 is 0 Å². The van der Waals surface area contributed by atoms with Gasteiger partial charge in [-0.1, -0.05) is 0 Å². The number of hydrogen-bond donors (Lipinski definition) is 1. The summed E-state index contributed by atoms with van der Waals surface area (Å²) in [5, 5.41) is 3.31. The number of thioether (sulfide) groups is 1. The topological polar surface area (TPSA) is 32.3 Å². The van der Waals surface area contributed by atoms with Crippen molar-refractivity contribution in [3.8, 4) is 0 Å². The maximum atomic E-state index is 12.2. The molecule has 1 N–H and O–H groups in total. The number of hydrogen-bond acceptors (Lipinski definition) is 3. The van der Waals surface area contributed by atoms with Crippen molar-refractivity contribution in [2.45, 2.75) is 25.3 Å². The normalized spacial score (nSPS) is 31.5. The number of amides is 1. The van der Waals surface area contributed by atoms with Crippen LogP contribution in [0.25, 0.3) is 0 Å². The van der Waals surface area contributed by atoms with Crippen molar-refractivity contribution >= 4 is 17.7 Å². The van der Waals surface area contributed by atoms with E-state index in [9.17, 15) is 4.79 Å². The van der Waals surface area contributed by atoms with E-state index < -0.39 is 0 Å². The molecule has 2 saturated heterocycles. The van der Waals surface area contributed by atoms with Crippen LogP contribution >= 0.6 is 11.8 Å². The van der Waals surface area contributed by atoms with Crippen molar-refractivity contribution in [3.05, 3.63) is 0 Å². The van der Waals surface area contributed by atoms with Crippen molar-refractivity contribution in [2.24, 2.45) is 5.92 Å². The lowest BCUT2D eigenvalue weighted by molar-refractivity contribution is -0.136. The van der Waals surface area contributed by atoms with Gasteiger partial charge in [-0.05, 0) is 31.6 Å². The van der Waals surface area contributed by atoms with E-state index in [1.54, 1.807) is 0 Å².